The van der Waals surface area contributed by atoms with Gasteiger partial charge in [0, 0.05) is 37.5 Å². The highest BCUT2D eigenvalue weighted by Gasteiger charge is 2.32. The molecule has 0 aliphatic carbocycles. The van der Waals surface area contributed by atoms with Crippen molar-refractivity contribution in [2.24, 2.45) is 11.3 Å². The van der Waals surface area contributed by atoms with Gasteiger partial charge in [0.25, 0.3) is 0 Å². The smallest absolute Gasteiger partial charge is 0.227 e. The van der Waals surface area contributed by atoms with Gasteiger partial charge in [-0.2, -0.15) is 0 Å². The minimum absolute atomic E-state index is 0.0115. The van der Waals surface area contributed by atoms with Crippen LogP contribution in [0, 0.1) is 11.3 Å². The lowest BCUT2D eigenvalue weighted by Gasteiger charge is -2.35. The van der Waals surface area contributed by atoms with Gasteiger partial charge < -0.3 is 10.2 Å². The molecule has 2 aliphatic rings. The number of carbonyl (C=O) groups is 2. The number of likely N-dealkylation sites (tertiary alicyclic amines) is 2. The van der Waals surface area contributed by atoms with E-state index < -0.39 is 0 Å². The van der Waals surface area contributed by atoms with Crippen LogP contribution in [0.5, 0.6) is 0 Å². The van der Waals surface area contributed by atoms with Gasteiger partial charge in [0.2, 0.25) is 11.8 Å². The molecule has 0 aromatic heterocycles. The zero-order chi connectivity index (χ0) is 20.9. The van der Waals surface area contributed by atoms with Crippen LogP contribution < -0.4 is 5.32 Å². The lowest BCUT2D eigenvalue weighted by atomic mass is 9.90. The average molecular weight is 400 g/mol. The number of nitrogens with zero attached hydrogens (tertiary/aromatic N) is 2. The fraction of sp³-hybridized carbons (Fsp3) is 0.667. The lowest BCUT2D eigenvalue weighted by molar-refractivity contribution is -0.142. The van der Waals surface area contributed by atoms with E-state index in [4.69, 9.17) is 0 Å². The summed E-state index contributed by atoms with van der Waals surface area (Å²) in [5, 5.41) is 3.09. The number of piperidine rings is 2. The fourth-order valence-electron chi connectivity index (χ4n) is 4.29. The normalized spacial score (nSPS) is 19.2. The van der Waals surface area contributed by atoms with Crippen LogP contribution in [0.4, 0.5) is 0 Å². The Morgan fingerprint density at radius 3 is 2.10 bits per heavy atom. The van der Waals surface area contributed by atoms with Gasteiger partial charge in [0.1, 0.15) is 0 Å². The van der Waals surface area contributed by atoms with Crippen LogP contribution in [0.15, 0.2) is 24.3 Å². The molecule has 3 rings (SSSR count). The molecule has 29 heavy (non-hydrogen) atoms. The zero-order valence-corrected chi connectivity index (χ0v) is 18.4. The van der Waals surface area contributed by atoms with Gasteiger partial charge in [0.15, 0.2) is 0 Å². The number of benzene rings is 1. The first-order chi connectivity index (χ1) is 13.8. The van der Waals surface area contributed by atoms with Crippen molar-refractivity contribution in [2.75, 3.05) is 26.2 Å². The third-order valence-corrected chi connectivity index (χ3v) is 6.14. The van der Waals surface area contributed by atoms with Crippen LogP contribution in [-0.4, -0.2) is 47.8 Å². The van der Waals surface area contributed by atoms with Crippen LogP contribution in [0.1, 0.15) is 64.0 Å². The summed E-state index contributed by atoms with van der Waals surface area (Å²) in [5.41, 5.74) is 2.13. The SMILES string of the molecule is CC(C)(C)C(=O)N1CCC(C(=O)NCc2ccc(CN3CCCCC3)cc2)CC1. The maximum absolute atomic E-state index is 12.6. The van der Waals surface area contributed by atoms with Crippen molar-refractivity contribution in [1.29, 1.82) is 0 Å². The second-order valence-electron chi connectivity index (χ2n) is 9.69. The van der Waals surface area contributed by atoms with Crippen LogP contribution >= 0.6 is 0 Å². The summed E-state index contributed by atoms with van der Waals surface area (Å²) < 4.78 is 0. The predicted octanol–water partition coefficient (Wildman–Crippen LogP) is 3.57. The minimum atomic E-state index is -0.352. The Morgan fingerprint density at radius 1 is 0.931 bits per heavy atom. The average Bonchev–Trinajstić information content (AvgIpc) is 2.73. The van der Waals surface area contributed by atoms with Crippen molar-refractivity contribution in [3.8, 4) is 0 Å². The van der Waals surface area contributed by atoms with E-state index in [-0.39, 0.29) is 23.1 Å². The molecule has 0 bridgehead atoms. The standard InChI is InChI=1S/C24H37N3O2/c1-24(2,3)23(29)27-15-11-21(12-16-27)22(28)25-17-19-7-9-20(10-8-19)18-26-13-5-4-6-14-26/h7-10,21H,4-6,11-18H2,1-3H3,(H,25,28). The molecule has 2 heterocycles. The van der Waals surface area contributed by atoms with E-state index in [0.29, 0.717) is 19.6 Å². The Bertz CT molecular complexity index is 679. The summed E-state index contributed by atoms with van der Waals surface area (Å²) in [5.74, 6) is 0.309. The van der Waals surface area contributed by atoms with Gasteiger partial charge in [-0.1, -0.05) is 51.5 Å². The predicted molar refractivity (Wildman–Crippen MR) is 116 cm³/mol. The molecule has 5 nitrogen and oxygen atoms in total. The fourth-order valence-corrected chi connectivity index (χ4v) is 4.29. The minimum Gasteiger partial charge on any atom is -0.352 e. The molecule has 0 atom stereocenters. The zero-order valence-electron chi connectivity index (χ0n) is 18.4. The number of hydrogen-bond acceptors (Lipinski definition) is 3. The molecule has 2 aliphatic heterocycles. The lowest BCUT2D eigenvalue weighted by Crippen LogP contribution is -2.46. The number of rotatable bonds is 5. The van der Waals surface area contributed by atoms with E-state index in [1.165, 1.54) is 37.9 Å². The molecule has 5 heteroatoms. The Labute approximate surface area is 175 Å². The van der Waals surface area contributed by atoms with Crippen LogP contribution in [0.25, 0.3) is 0 Å². The van der Waals surface area contributed by atoms with E-state index in [1.54, 1.807) is 0 Å². The van der Waals surface area contributed by atoms with E-state index in [9.17, 15) is 9.59 Å². The molecular formula is C24H37N3O2. The van der Waals surface area contributed by atoms with Crippen LogP contribution in [0.3, 0.4) is 0 Å². The maximum atomic E-state index is 12.6. The Hall–Kier alpha value is -1.88. The molecule has 160 valence electrons. The molecular weight excluding hydrogens is 362 g/mol. The van der Waals surface area contributed by atoms with Crippen molar-refractivity contribution in [3.63, 3.8) is 0 Å². The molecule has 0 saturated carbocycles. The summed E-state index contributed by atoms with van der Waals surface area (Å²) in [4.78, 5) is 29.4. The van der Waals surface area contributed by atoms with E-state index in [1.807, 2.05) is 25.7 Å². The van der Waals surface area contributed by atoms with Crippen LogP contribution in [-0.2, 0) is 22.7 Å². The maximum Gasteiger partial charge on any atom is 0.227 e. The van der Waals surface area contributed by atoms with E-state index in [0.717, 1.165) is 24.9 Å². The molecule has 2 amide bonds. The third kappa shape index (κ3) is 6.30. The summed E-state index contributed by atoms with van der Waals surface area (Å²) in [7, 11) is 0. The van der Waals surface area contributed by atoms with E-state index in [2.05, 4.69) is 34.5 Å². The highest BCUT2D eigenvalue weighted by molar-refractivity contribution is 5.82. The van der Waals surface area contributed by atoms with Gasteiger partial charge in [-0.25, -0.2) is 0 Å². The number of amides is 2. The first-order valence-electron chi connectivity index (χ1n) is 11.2. The highest BCUT2D eigenvalue weighted by atomic mass is 16.2. The van der Waals surface area contributed by atoms with Crippen molar-refractivity contribution in [3.05, 3.63) is 35.4 Å². The summed E-state index contributed by atoms with van der Waals surface area (Å²) in [6, 6.07) is 8.63. The molecule has 0 spiro atoms. The summed E-state index contributed by atoms with van der Waals surface area (Å²) >= 11 is 0. The number of hydrogen-bond donors (Lipinski definition) is 1. The molecule has 1 aromatic carbocycles. The Balaban J connectivity index is 1.41. The topological polar surface area (TPSA) is 52.7 Å². The monoisotopic (exact) mass is 399 g/mol. The molecule has 0 unspecified atom stereocenters. The van der Waals surface area contributed by atoms with Crippen molar-refractivity contribution in [1.82, 2.24) is 15.1 Å². The summed E-state index contributed by atoms with van der Waals surface area (Å²) in [6.07, 6.45) is 5.49. The first kappa shape index (κ1) is 21.8. The van der Waals surface area contributed by atoms with E-state index >= 15 is 0 Å². The molecule has 2 saturated heterocycles. The Morgan fingerprint density at radius 2 is 1.52 bits per heavy atom. The number of carbonyl (C=O) groups excluding carboxylic acids is 2. The largest absolute Gasteiger partial charge is 0.352 e. The highest BCUT2D eigenvalue weighted by Crippen LogP contribution is 2.23. The van der Waals surface area contributed by atoms with Gasteiger partial charge in [-0.05, 0) is 49.9 Å². The quantitative estimate of drug-likeness (QED) is 0.823. The van der Waals surface area contributed by atoms with Gasteiger partial charge in [-0.15, -0.1) is 0 Å². The number of nitrogens with one attached hydrogen (secondary N) is 1. The second-order valence-corrected chi connectivity index (χ2v) is 9.69. The summed E-state index contributed by atoms with van der Waals surface area (Å²) in [6.45, 7) is 11.2. The first-order valence-corrected chi connectivity index (χ1v) is 11.2. The van der Waals surface area contributed by atoms with Crippen molar-refractivity contribution >= 4 is 11.8 Å². The van der Waals surface area contributed by atoms with Crippen LogP contribution in [0.2, 0.25) is 0 Å². The Kier molecular flexibility index (Phi) is 7.33. The molecule has 0 radical (unpaired) electrons. The molecule has 1 N–H and O–H groups in total. The van der Waals surface area contributed by atoms with Crippen molar-refractivity contribution < 1.29 is 9.59 Å². The van der Waals surface area contributed by atoms with Gasteiger partial charge >= 0.3 is 0 Å². The van der Waals surface area contributed by atoms with Crippen molar-refractivity contribution in [2.45, 2.75) is 66.0 Å². The molecule has 1 aromatic rings. The van der Waals surface area contributed by atoms with Gasteiger partial charge in [0.05, 0.1) is 0 Å². The second kappa shape index (κ2) is 9.75. The van der Waals surface area contributed by atoms with Gasteiger partial charge in [-0.3, -0.25) is 14.5 Å². The molecule has 2 fully saturated rings. The third-order valence-electron chi connectivity index (χ3n) is 6.14.